The molecule has 0 saturated carbocycles. The highest BCUT2D eigenvalue weighted by molar-refractivity contribution is 5.47. The molecule has 2 aromatic carbocycles. The minimum Gasteiger partial charge on any atom is -0.376 e. The van der Waals surface area contributed by atoms with E-state index in [2.05, 4.69) is 24.4 Å². The van der Waals surface area contributed by atoms with Crippen molar-refractivity contribution >= 4 is 5.69 Å². The highest BCUT2D eigenvalue weighted by Crippen LogP contribution is 2.23. The Hall–Kier alpha value is -1.90. The number of unbranched alkanes of at least 4 members (excludes halogenated alkanes) is 1. The Bertz CT molecular complexity index is 578. The first-order chi connectivity index (χ1) is 10.1. The topological polar surface area (TPSA) is 12.0 Å². The highest BCUT2D eigenvalue weighted by Gasteiger charge is 2.11. The van der Waals surface area contributed by atoms with Gasteiger partial charge in [-0.2, -0.15) is 0 Å². The van der Waals surface area contributed by atoms with Gasteiger partial charge in [-0.1, -0.05) is 43.7 Å². The summed E-state index contributed by atoms with van der Waals surface area (Å²) >= 11 is 0. The van der Waals surface area contributed by atoms with Gasteiger partial charge in [0.25, 0.3) is 0 Å². The Kier molecular flexibility index (Phi) is 5.32. The molecule has 2 aromatic rings. The van der Waals surface area contributed by atoms with Crippen LogP contribution in [0.25, 0.3) is 0 Å². The standard InChI is InChI=1S/C18H21F2N/c1-3-4-6-14-9-11-15(12-10-14)13(2)21-17-8-5-7-16(19)18(17)20/h5,7-13,21H,3-4,6H2,1-2H3. The van der Waals surface area contributed by atoms with Gasteiger partial charge in [0, 0.05) is 6.04 Å². The predicted octanol–water partition coefficient (Wildman–Crippen LogP) is 5.48. The van der Waals surface area contributed by atoms with Crippen molar-refractivity contribution in [1.82, 2.24) is 0 Å². The van der Waals surface area contributed by atoms with Crippen molar-refractivity contribution in [3.8, 4) is 0 Å². The van der Waals surface area contributed by atoms with Crippen LogP contribution in [0.1, 0.15) is 43.9 Å². The van der Waals surface area contributed by atoms with Gasteiger partial charge in [0.1, 0.15) is 0 Å². The third-order valence-corrected chi connectivity index (χ3v) is 3.62. The number of hydrogen-bond acceptors (Lipinski definition) is 1. The number of aryl methyl sites for hydroxylation is 1. The quantitative estimate of drug-likeness (QED) is 0.742. The summed E-state index contributed by atoms with van der Waals surface area (Å²) in [5, 5.41) is 3.01. The lowest BCUT2D eigenvalue weighted by Gasteiger charge is -2.17. The van der Waals surface area contributed by atoms with E-state index in [1.807, 2.05) is 19.1 Å². The molecule has 0 fully saturated rings. The van der Waals surface area contributed by atoms with Gasteiger partial charge in [0.15, 0.2) is 11.6 Å². The smallest absolute Gasteiger partial charge is 0.181 e. The first-order valence-corrected chi connectivity index (χ1v) is 7.41. The summed E-state index contributed by atoms with van der Waals surface area (Å²) in [7, 11) is 0. The summed E-state index contributed by atoms with van der Waals surface area (Å²) in [4.78, 5) is 0. The molecule has 1 nitrogen and oxygen atoms in total. The number of rotatable bonds is 6. The molecular formula is C18H21F2N. The molecule has 21 heavy (non-hydrogen) atoms. The Morgan fingerprint density at radius 2 is 1.76 bits per heavy atom. The number of nitrogens with one attached hydrogen (secondary N) is 1. The van der Waals surface area contributed by atoms with E-state index < -0.39 is 11.6 Å². The summed E-state index contributed by atoms with van der Waals surface area (Å²) in [6.45, 7) is 4.11. The summed E-state index contributed by atoms with van der Waals surface area (Å²) < 4.78 is 26.8. The van der Waals surface area contributed by atoms with E-state index in [1.165, 1.54) is 24.5 Å². The fraction of sp³-hybridized carbons (Fsp3) is 0.333. The summed E-state index contributed by atoms with van der Waals surface area (Å²) in [5.74, 6) is -1.66. The van der Waals surface area contributed by atoms with Crippen LogP contribution in [0.15, 0.2) is 42.5 Å². The molecule has 0 aliphatic heterocycles. The average molecular weight is 289 g/mol. The molecule has 112 valence electrons. The second-order valence-electron chi connectivity index (χ2n) is 5.31. The molecule has 0 radical (unpaired) electrons. The van der Waals surface area contributed by atoms with Crippen molar-refractivity contribution in [3.63, 3.8) is 0 Å². The molecule has 3 heteroatoms. The van der Waals surface area contributed by atoms with Crippen LogP contribution >= 0.6 is 0 Å². The zero-order chi connectivity index (χ0) is 15.2. The molecule has 0 amide bonds. The summed E-state index contributed by atoms with van der Waals surface area (Å²) in [5.41, 5.74) is 2.56. The molecule has 0 aliphatic rings. The lowest BCUT2D eigenvalue weighted by atomic mass is 10.0. The second-order valence-corrected chi connectivity index (χ2v) is 5.31. The SMILES string of the molecule is CCCCc1ccc(C(C)Nc2cccc(F)c2F)cc1. The summed E-state index contributed by atoms with van der Waals surface area (Å²) in [6.07, 6.45) is 3.44. The minimum absolute atomic E-state index is 0.0819. The monoisotopic (exact) mass is 289 g/mol. The zero-order valence-corrected chi connectivity index (χ0v) is 12.5. The van der Waals surface area contributed by atoms with Gasteiger partial charge in [-0.25, -0.2) is 8.78 Å². The first-order valence-electron chi connectivity index (χ1n) is 7.41. The summed E-state index contributed by atoms with van der Waals surface area (Å²) in [6, 6.07) is 12.4. The van der Waals surface area contributed by atoms with E-state index in [1.54, 1.807) is 6.07 Å². The van der Waals surface area contributed by atoms with E-state index >= 15 is 0 Å². The number of benzene rings is 2. The highest BCUT2D eigenvalue weighted by atomic mass is 19.2. The van der Waals surface area contributed by atoms with E-state index in [0.29, 0.717) is 0 Å². The molecule has 0 heterocycles. The maximum Gasteiger partial charge on any atom is 0.181 e. The molecule has 0 saturated heterocycles. The number of halogens is 2. The van der Waals surface area contributed by atoms with Crippen LogP contribution in [0.4, 0.5) is 14.5 Å². The van der Waals surface area contributed by atoms with Crippen LogP contribution in [0.3, 0.4) is 0 Å². The third kappa shape index (κ3) is 4.03. The average Bonchev–Trinajstić information content (AvgIpc) is 2.50. The molecule has 1 unspecified atom stereocenters. The van der Waals surface area contributed by atoms with Gasteiger partial charge < -0.3 is 5.32 Å². The predicted molar refractivity (Wildman–Crippen MR) is 83.4 cm³/mol. The molecule has 0 bridgehead atoms. The van der Waals surface area contributed by atoms with Crippen molar-refractivity contribution in [2.75, 3.05) is 5.32 Å². The number of anilines is 1. The third-order valence-electron chi connectivity index (χ3n) is 3.62. The van der Waals surface area contributed by atoms with Crippen LogP contribution in [-0.4, -0.2) is 0 Å². The fourth-order valence-electron chi connectivity index (χ4n) is 2.29. The van der Waals surface area contributed by atoms with E-state index in [-0.39, 0.29) is 11.7 Å². The Morgan fingerprint density at radius 3 is 2.43 bits per heavy atom. The molecule has 1 atom stereocenters. The van der Waals surface area contributed by atoms with Gasteiger partial charge in [0.2, 0.25) is 0 Å². The van der Waals surface area contributed by atoms with Crippen LogP contribution in [0.5, 0.6) is 0 Å². The fourth-order valence-corrected chi connectivity index (χ4v) is 2.29. The molecule has 2 rings (SSSR count). The van der Waals surface area contributed by atoms with Gasteiger partial charge in [-0.05, 0) is 43.0 Å². The van der Waals surface area contributed by atoms with Crippen molar-refractivity contribution in [1.29, 1.82) is 0 Å². The second kappa shape index (κ2) is 7.21. The normalized spacial score (nSPS) is 12.2. The van der Waals surface area contributed by atoms with Crippen LogP contribution < -0.4 is 5.32 Å². The van der Waals surface area contributed by atoms with Crippen LogP contribution in [0, 0.1) is 11.6 Å². The molecule has 0 spiro atoms. The maximum absolute atomic E-state index is 13.6. The Balaban J connectivity index is 2.06. The van der Waals surface area contributed by atoms with Crippen molar-refractivity contribution in [3.05, 3.63) is 65.2 Å². The van der Waals surface area contributed by atoms with E-state index in [4.69, 9.17) is 0 Å². The molecular weight excluding hydrogens is 268 g/mol. The van der Waals surface area contributed by atoms with Gasteiger partial charge in [0.05, 0.1) is 5.69 Å². The maximum atomic E-state index is 13.6. The zero-order valence-electron chi connectivity index (χ0n) is 12.5. The molecule has 1 N–H and O–H groups in total. The van der Waals surface area contributed by atoms with Crippen molar-refractivity contribution in [2.45, 2.75) is 39.2 Å². The van der Waals surface area contributed by atoms with Crippen LogP contribution in [0.2, 0.25) is 0 Å². The minimum atomic E-state index is -0.831. The number of hydrogen-bond donors (Lipinski definition) is 1. The van der Waals surface area contributed by atoms with Crippen molar-refractivity contribution in [2.24, 2.45) is 0 Å². The lowest BCUT2D eigenvalue weighted by molar-refractivity contribution is 0.510. The van der Waals surface area contributed by atoms with Crippen LogP contribution in [-0.2, 0) is 6.42 Å². The van der Waals surface area contributed by atoms with Crippen molar-refractivity contribution < 1.29 is 8.78 Å². The lowest BCUT2D eigenvalue weighted by Crippen LogP contribution is -2.08. The Labute approximate surface area is 125 Å². The first kappa shape index (κ1) is 15.5. The largest absolute Gasteiger partial charge is 0.376 e. The van der Waals surface area contributed by atoms with Gasteiger partial charge in [-0.3, -0.25) is 0 Å². The Morgan fingerprint density at radius 1 is 1.05 bits per heavy atom. The van der Waals surface area contributed by atoms with E-state index in [9.17, 15) is 8.78 Å². The molecule has 0 aliphatic carbocycles. The van der Waals surface area contributed by atoms with Gasteiger partial charge >= 0.3 is 0 Å². The molecule has 0 aromatic heterocycles. The van der Waals surface area contributed by atoms with Gasteiger partial charge in [-0.15, -0.1) is 0 Å². The van der Waals surface area contributed by atoms with E-state index in [0.717, 1.165) is 18.1 Å².